The minimum atomic E-state index is -0.345. The first-order valence-electron chi connectivity index (χ1n) is 18.8. The van der Waals surface area contributed by atoms with Crippen molar-refractivity contribution in [1.29, 1.82) is 0 Å². The highest BCUT2D eigenvalue weighted by Gasteiger charge is 2.21. The third-order valence-corrected chi connectivity index (χ3v) is 10.6. The molecule has 60 heavy (non-hydrogen) atoms. The summed E-state index contributed by atoms with van der Waals surface area (Å²) in [5.74, 6) is 1.87. The topological polar surface area (TPSA) is 163 Å². The predicted molar refractivity (Wildman–Crippen MR) is 225 cm³/mol. The highest BCUT2D eigenvalue weighted by atomic mass is 35.5. The minimum Gasteiger partial charge on any atom is -0.489 e. The number of nitrogens with zero attached hydrogens (tertiary/aromatic N) is 6. The van der Waals surface area contributed by atoms with Gasteiger partial charge in [-0.15, -0.1) is 10.2 Å². The van der Waals surface area contributed by atoms with Crippen LogP contribution in [0.15, 0.2) is 118 Å². The van der Waals surface area contributed by atoms with Crippen LogP contribution in [0.1, 0.15) is 43.5 Å². The predicted octanol–water partition coefficient (Wildman–Crippen LogP) is 8.69. The maximum atomic E-state index is 13.6. The van der Waals surface area contributed by atoms with E-state index in [2.05, 4.69) is 30.8 Å². The van der Waals surface area contributed by atoms with E-state index < -0.39 is 0 Å². The molecule has 0 spiro atoms. The van der Waals surface area contributed by atoms with Gasteiger partial charge in [0, 0.05) is 24.2 Å². The van der Waals surface area contributed by atoms with Crippen LogP contribution < -0.4 is 20.1 Å². The zero-order valence-corrected chi connectivity index (χ0v) is 33.6. The molecule has 0 atom stereocenters. The Hall–Kier alpha value is -7.16. The molecule has 300 valence electrons. The summed E-state index contributed by atoms with van der Waals surface area (Å²) in [6.07, 6.45) is 3.16. The number of ether oxygens (including phenoxy) is 2. The lowest BCUT2D eigenvalue weighted by Crippen LogP contribution is -2.23. The molecule has 9 aromatic rings. The third kappa shape index (κ3) is 7.73. The molecule has 4 heterocycles. The standard InChI is InChI=1S/C44H34Cl2N8O6/c1-25-47-23-39-53(25)51-43(59-39)33-13-11-29(41(55)49-21-27-10-15-35(45)36(46)18-27)19-37(33)57-16-17-58-38-20-30(12-14-34(38)44-52-54-26(2)48-24-40(54)60-44)42(56)50-22-31-8-5-7-28-6-3-4-9-32(28)31/h3-15,18-20,23-24H,16-17,21-22H2,1-2H3,(H,49,55)(H,50,56). The van der Waals surface area contributed by atoms with Gasteiger partial charge >= 0.3 is 0 Å². The Labute approximate surface area is 351 Å². The van der Waals surface area contributed by atoms with Crippen LogP contribution in [0.3, 0.4) is 0 Å². The molecule has 0 saturated carbocycles. The number of amides is 2. The fourth-order valence-electron chi connectivity index (χ4n) is 6.74. The molecule has 16 heteroatoms. The SMILES string of the molecule is Cc1ncc2oc(-c3ccc(C(=O)NCc4ccc(Cl)c(Cl)c4)cc3OCCOc3cc(C(=O)NCc4cccc5ccccc45)ccc3-c3nn4c(C)ncc4o3)nn12. The van der Waals surface area contributed by atoms with Crippen LogP contribution in [-0.4, -0.2) is 54.2 Å². The summed E-state index contributed by atoms with van der Waals surface area (Å²) in [5, 5.41) is 18.1. The summed E-state index contributed by atoms with van der Waals surface area (Å²) in [5.41, 5.74) is 4.41. The fourth-order valence-corrected chi connectivity index (χ4v) is 7.06. The first-order chi connectivity index (χ1) is 29.2. The second kappa shape index (κ2) is 16.2. The number of rotatable bonds is 13. The van der Waals surface area contributed by atoms with E-state index in [0.29, 0.717) is 73.4 Å². The van der Waals surface area contributed by atoms with Crippen molar-refractivity contribution in [3.8, 4) is 34.4 Å². The molecule has 2 N–H and O–H groups in total. The average Bonchev–Trinajstić information content (AvgIpc) is 4.05. The number of aryl methyl sites for hydroxylation is 2. The molecular formula is C44H34Cl2N8O6. The van der Waals surface area contributed by atoms with Crippen LogP contribution in [-0.2, 0) is 13.1 Å². The second-order valence-electron chi connectivity index (χ2n) is 13.8. The number of hydrogen-bond acceptors (Lipinski definition) is 10. The fraction of sp³-hybridized carbons (Fsp3) is 0.136. The van der Waals surface area contributed by atoms with Crippen molar-refractivity contribution in [2.75, 3.05) is 13.2 Å². The van der Waals surface area contributed by atoms with Gasteiger partial charge in [-0.1, -0.05) is 71.7 Å². The quantitative estimate of drug-likeness (QED) is 0.107. The third-order valence-electron chi connectivity index (χ3n) is 9.84. The molecule has 14 nitrogen and oxygen atoms in total. The summed E-state index contributed by atoms with van der Waals surface area (Å²) >= 11 is 12.2. The van der Waals surface area contributed by atoms with E-state index >= 15 is 0 Å². The van der Waals surface area contributed by atoms with Gasteiger partial charge in [0.15, 0.2) is 0 Å². The van der Waals surface area contributed by atoms with E-state index in [1.54, 1.807) is 76.0 Å². The van der Waals surface area contributed by atoms with Gasteiger partial charge in [0.05, 0.1) is 33.6 Å². The number of carbonyl (C=O) groups excluding carboxylic acids is 2. The average molecular weight is 842 g/mol. The van der Waals surface area contributed by atoms with Crippen LogP contribution in [0.2, 0.25) is 10.0 Å². The second-order valence-corrected chi connectivity index (χ2v) is 14.6. The van der Waals surface area contributed by atoms with Gasteiger partial charge in [0.2, 0.25) is 23.2 Å². The minimum absolute atomic E-state index is 0.0227. The van der Waals surface area contributed by atoms with Gasteiger partial charge in [-0.2, -0.15) is 9.03 Å². The number of fused-ring (bicyclic) bond motifs is 3. The lowest BCUT2D eigenvalue weighted by molar-refractivity contribution is 0.0942. The molecule has 0 radical (unpaired) electrons. The highest BCUT2D eigenvalue weighted by Crippen LogP contribution is 2.34. The van der Waals surface area contributed by atoms with E-state index in [0.717, 1.165) is 21.9 Å². The molecule has 0 unspecified atom stereocenters. The maximum Gasteiger partial charge on any atom is 0.251 e. The molecule has 0 aliphatic rings. The molecule has 0 aliphatic carbocycles. The zero-order valence-electron chi connectivity index (χ0n) is 32.1. The van der Waals surface area contributed by atoms with Crippen molar-refractivity contribution < 1.29 is 27.9 Å². The Bertz CT molecular complexity index is 3070. The first-order valence-corrected chi connectivity index (χ1v) is 19.6. The Morgan fingerprint density at radius 3 is 1.80 bits per heavy atom. The molecular weight excluding hydrogens is 807 g/mol. The van der Waals surface area contributed by atoms with E-state index in [9.17, 15) is 9.59 Å². The number of imidazole rings is 2. The lowest BCUT2D eigenvalue weighted by Gasteiger charge is -2.14. The normalized spacial score (nSPS) is 11.4. The van der Waals surface area contributed by atoms with Crippen LogP contribution >= 0.6 is 23.2 Å². The number of nitrogens with one attached hydrogen (secondary N) is 2. The van der Waals surface area contributed by atoms with E-state index in [-0.39, 0.29) is 43.4 Å². The van der Waals surface area contributed by atoms with Crippen LogP contribution in [0, 0.1) is 13.8 Å². The smallest absolute Gasteiger partial charge is 0.251 e. The molecule has 2 amide bonds. The molecule has 9 rings (SSSR count). The molecule has 0 bridgehead atoms. The van der Waals surface area contributed by atoms with Gasteiger partial charge in [-0.05, 0) is 84.3 Å². The molecule has 5 aromatic carbocycles. The zero-order chi connectivity index (χ0) is 41.3. The highest BCUT2D eigenvalue weighted by molar-refractivity contribution is 6.42. The van der Waals surface area contributed by atoms with Crippen LogP contribution in [0.5, 0.6) is 11.5 Å². The van der Waals surface area contributed by atoms with Crippen molar-refractivity contribution in [2.45, 2.75) is 26.9 Å². The van der Waals surface area contributed by atoms with Gasteiger partial charge < -0.3 is 28.9 Å². The maximum absolute atomic E-state index is 13.6. The summed E-state index contributed by atoms with van der Waals surface area (Å²) in [4.78, 5) is 35.5. The Balaban J connectivity index is 0.958. The number of hydrogen-bond donors (Lipinski definition) is 2. The number of halogens is 2. The monoisotopic (exact) mass is 840 g/mol. The van der Waals surface area contributed by atoms with Gasteiger partial charge in [0.25, 0.3) is 11.8 Å². The van der Waals surface area contributed by atoms with E-state index in [1.807, 2.05) is 56.3 Å². The Morgan fingerprint density at radius 1 is 0.650 bits per heavy atom. The Kier molecular flexibility index (Phi) is 10.4. The molecule has 0 aliphatic heterocycles. The van der Waals surface area contributed by atoms with Crippen molar-refractivity contribution in [1.82, 2.24) is 39.8 Å². The van der Waals surface area contributed by atoms with Gasteiger partial charge in [-0.3, -0.25) is 9.59 Å². The number of carbonyl (C=O) groups is 2. The van der Waals surface area contributed by atoms with E-state index in [4.69, 9.17) is 41.5 Å². The largest absolute Gasteiger partial charge is 0.489 e. The number of benzene rings is 5. The number of aromatic nitrogens is 6. The van der Waals surface area contributed by atoms with Crippen LogP contribution in [0.4, 0.5) is 0 Å². The lowest BCUT2D eigenvalue weighted by atomic mass is 10.0. The summed E-state index contributed by atoms with van der Waals surface area (Å²) in [7, 11) is 0. The van der Waals surface area contributed by atoms with Crippen molar-refractivity contribution in [3.05, 3.63) is 153 Å². The summed E-state index contributed by atoms with van der Waals surface area (Å²) < 4.78 is 27.8. The molecule has 4 aromatic heterocycles. The first kappa shape index (κ1) is 38.4. The van der Waals surface area contributed by atoms with Crippen molar-refractivity contribution in [3.63, 3.8) is 0 Å². The molecule has 0 saturated heterocycles. The summed E-state index contributed by atoms with van der Waals surface area (Å²) in [6, 6.07) is 29.3. The van der Waals surface area contributed by atoms with Gasteiger partial charge in [-0.25, -0.2) is 9.97 Å². The van der Waals surface area contributed by atoms with Crippen molar-refractivity contribution >= 4 is 57.2 Å². The van der Waals surface area contributed by atoms with E-state index in [1.165, 1.54) is 0 Å². The summed E-state index contributed by atoms with van der Waals surface area (Å²) in [6.45, 7) is 4.22. The van der Waals surface area contributed by atoms with Crippen molar-refractivity contribution in [2.24, 2.45) is 0 Å². The molecule has 0 fully saturated rings. The Morgan fingerprint density at radius 2 is 1.22 bits per heavy atom. The van der Waals surface area contributed by atoms with Gasteiger partial charge in [0.1, 0.15) is 36.4 Å². The van der Waals surface area contributed by atoms with Crippen LogP contribution in [0.25, 0.3) is 45.1 Å².